The van der Waals surface area contributed by atoms with Crippen molar-refractivity contribution in [3.63, 3.8) is 0 Å². The first-order valence-corrected chi connectivity index (χ1v) is 10.5. The van der Waals surface area contributed by atoms with Crippen molar-refractivity contribution >= 4 is 27.6 Å². The molecule has 2 aromatic carbocycles. The minimum Gasteiger partial charge on any atom is -0.449 e. The second-order valence-electron chi connectivity index (χ2n) is 6.58. The van der Waals surface area contributed by atoms with Gasteiger partial charge in [-0.2, -0.15) is 0 Å². The van der Waals surface area contributed by atoms with Gasteiger partial charge in [-0.3, -0.25) is 9.52 Å². The van der Waals surface area contributed by atoms with Gasteiger partial charge in [-0.05, 0) is 50.1 Å². The Balaban J connectivity index is 1.68. The van der Waals surface area contributed by atoms with Gasteiger partial charge in [-0.15, -0.1) is 0 Å². The lowest BCUT2D eigenvalue weighted by Crippen LogP contribution is -2.38. The van der Waals surface area contributed by atoms with Crippen LogP contribution in [0.2, 0.25) is 0 Å². The third-order valence-corrected chi connectivity index (χ3v) is 5.85. The maximum atomic E-state index is 12.4. The van der Waals surface area contributed by atoms with Crippen molar-refractivity contribution in [3.05, 3.63) is 60.2 Å². The number of benzene rings is 2. The van der Waals surface area contributed by atoms with E-state index in [-0.39, 0.29) is 22.1 Å². The van der Waals surface area contributed by atoms with Crippen molar-refractivity contribution in [3.8, 4) is 0 Å². The molecule has 0 aromatic heterocycles. The van der Waals surface area contributed by atoms with Gasteiger partial charge in [-0.1, -0.05) is 24.3 Å². The number of esters is 1. The Morgan fingerprint density at radius 2 is 1.71 bits per heavy atom. The lowest BCUT2D eigenvalue weighted by molar-refractivity contribution is -0.138. The van der Waals surface area contributed by atoms with Crippen molar-refractivity contribution in [2.24, 2.45) is 0 Å². The van der Waals surface area contributed by atoms with Crippen LogP contribution in [0.15, 0.2) is 59.5 Å². The molecule has 1 N–H and O–H groups in total. The Bertz CT molecular complexity index is 954. The number of hydrogen-bond acceptors (Lipinski definition) is 5. The normalized spacial score (nSPS) is 15.1. The highest BCUT2D eigenvalue weighted by molar-refractivity contribution is 7.92. The van der Waals surface area contributed by atoms with Crippen LogP contribution in [-0.4, -0.2) is 44.4 Å². The monoisotopic (exact) mass is 402 g/mol. The van der Waals surface area contributed by atoms with E-state index in [1.807, 2.05) is 0 Å². The van der Waals surface area contributed by atoms with Gasteiger partial charge in [0.15, 0.2) is 6.10 Å². The van der Waals surface area contributed by atoms with Crippen LogP contribution in [0.25, 0.3) is 0 Å². The largest absolute Gasteiger partial charge is 0.449 e. The number of nitrogens with zero attached hydrogens (tertiary/aromatic N) is 1. The molecule has 8 heteroatoms. The zero-order valence-electron chi connectivity index (χ0n) is 15.5. The van der Waals surface area contributed by atoms with Gasteiger partial charge in [0.2, 0.25) is 0 Å². The van der Waals surface area contributed by atoms with Crippen LogP contribution in [0.1, 0.15) is 30.1 Å². The number of carbonyl (C=O) groups excluding carboxylic acids is 2. The van der Waals surface area contributed by atoms with E-state index in [4.69, 9.17) is 4.74 Å². The van der Waals surface area contributed by atoms with E-state index in [1.165, 1.54) is 30.3 Å². The number of nitrogens with one attached hydrogen (secondary N) is 1. The number of likely N-dealkylation sites (tertiary alicyclic amines) is 1. The molecule has 3 rings (SSSR count). The number of ether oxygens (including phenoxy) is 1. The molecule has 1 saturated heterocycles. The summed E-state index contributed by atoms with van der Waals surface area (Å²) < 4.78 is 32.6. The molecule has 0 radical (unpaired) electrons. The van der Waals surface area contributed by atoms with Crippen LogP contribution in [0.4, 0.5) is 5.69 Å². The minimum atomic E-state index is -3.77. The van der Waals surface area contributed by atoms with Crippen LogP contribution in [0.5, 0.6) is 0 Å². The van der Waals surface area contributed by atoms with Gasteiger partial charge in [0, 0.05) is 18.8 Å². The molecule has 7 nitrogen and oxygen atoms in total. The van der Waals surface area contributed by atoms with Gasteiger partial charge >= 0.3 is 5.97 Å². The summed E-state index contributed by atoms with van der Waals surface area (Å²) in [6.45, 7) is 2.90. The number of sulfonamides is 1. The smallest absolute Gasteiger partial charge is 0.338 e. The second kappa shape index (κ2) is 8.43. The second-order valence-corrected chi connectivity index (χ2v) is 8.26. The number of amides is 1. The standard InChI is InChI=1S/C20H22N2O5S/c1-15(19(23)22-12-5-6-13-22)27-20(24)16-8-7-9-17(14-16)21-28(25,26)18-10-3-2-4-11-18/h2-4,7-11,14-15,21H,5-6,12-13H2,1H3/t15-/m1/s1. The Kier molecular flexibility index (Phi) is 5.99. The molecule has 1 amide bonds. The highest BCUT2D eigenvalue weighted by Crippen LogP contribution is 2.18. The number of anilines is 1. The van der Waals surface area contributed by atoms with Crippen molar-refractivity contribution < 1.29 is 22.7 Å². The maximum Gasteiger partial charge on any atom is 0.338 e. The fourth-order valence-corrected chi connectivity index (χ4v) is 4.07. The Hall–Kier alpha value is -2.87. The first-order valence-electron chi connectivity index (χ1n) is 9.04. The zero-order chi connectivity index (χ0) is 20.1. The summed E-state index contributed by atoms with van der Waals surface area (Å²) in [6, 6.07) is 13.9. The summed E-state index contributed by atoms with van der Waals surface area (Å²) in [4.78, 5) is 26.5. The molecule has 1 aliphatic rings. The molecular weight excluding hydrogens is 380 g/mol. The molecule has 1 aliphatic heterocycles. The van der Waals surface area contributed by atoms with Crippen molar-refractivity contribution in [2.75, 3.05) is 17.8 Å². The van der Waals surface area contributed by atoms with E-state index in [9.17, 15) is 18.0 Å². The number of rotatable bonds is 6. The van der Waals surface area contributed by atoms with Crippen molar-refractivity contribution in [1.82, 2.24) is 4.90 Å². The first-order chi connectivity index (χ1) is 13.4. The minimum absolute atomic E-state index is 0.118. The number of carbonyl (C=O) groups is 2. The van der Waals surface area contributed by atoms with Crippen molar-refractivity contribution in [1.29, 1.82) is 0 Å². The van der Waals surface area contributed by atoms with Crippen LogP contribution in [0.3, 0.4) is 0 Å². The van der Waals surface area contributed by atoms with E-state index >= 15 is 0 Å². The van der Waals surface area contributed by atoms with Gasteiger partial charge in [-0.25, -0.2) is 13.2 Å². The summed E-state index contributed by atoms with van der Waals surface area (Å²) in [5.41, 5.74) is 0.395. The highest BCUT2D eigenvalue weighted by Gasteiger charge is 2.26. The predicted molar refractivity (Wildman–Crippen MR) is 104 cm³/mol. The Morgan fingerprint density at radius 1 is 1.04 bits per heavy atom. The molecule has 28 heavy (non-hydrogen) atoms. The molecule has 0 aliphatic carbocycles. The fourth-order valence-electron chi connectivity index (χ4n) is 3.00. The lowest BCUT2D eigenvalue weighted by atomic mass is 10.2. The van der Waals surface area contributed by atoms with Crippen LogP contribution in [0, 0.1) is 0 Å². The summed E-state index contributed by atoms with van der Waals surface area (Å²) in [5, 5.41) is 0. The number of hydrogen-bond donors (Lipinski definition) is 1. The molecular formula is C20H22N2O5S. The lowest BCUT2D eigenvalue weighted by Gasteiger charge is -2.20. The quantitative estimate of drug-likeness (QED) is 0.750. The first kappa shape index (κ1) is 19.9. The zero-order valence-corrected chi connectivity index (χ0v) is 16.3. The Labute approximate surface area is 164 Å². The predicted octanol–water partition coefficient (Wildman–Crippen LogP) is 2.66. The molecule has 2 aromatic rings. The molecule has 0 bridgehead atoms. The molecule has 0 spiro atoms. The third-order valence-electron chi connectivity index (χ3n) is 4.45. The topological polar surface area (TPSA) is 92.8 Å². The van der Waals surface area contributed by atoms with Crippen LogP contribution >= 0.6 is 0 Å². The molecule has 1 atom stereocenters. The summed E-state index contributed by atoms with van der Waals surface area (Å²) in [6.07, 6.45) is 1.02. The molecule has 1 fully saturated rings. The van der Waals surface area contributed by atoms with E-state index in [0.717, 1.165) is 12.8 Å². The van der Waals surface area contributed by atoms with E-state index < -0.39 is 22.1 Å². The molecule has 148 valence electrons. The SMILES string of the molecule is C[C@@H](OC(=O)c1cccc(NS(=O)(=O)c2ccccc2)c1)C(=O)N1CCCC1. The highest BCUT2D eigenvalue weighted by atomic mass is 32.2. The molecule has 0 unspecified atom stereocenters. The van der Waals surface area contributed by atoms with Gasteiger partial charge < -0.3 is 9.64 Å². The third kappa shape index (κ3) is 4.69. The van der Waals surface area contributed by atoms with Gasteiger partial charge in [0.25, 0.3) is 15.9 Å². The van der Waals surface area contributed by atoms with E-state index in [0.29, 0.717) is 13.1 Å². The van der Waals surface area contributed by atoms with Gasteiger partial charge in [0.05, 0.1) is 10.5 Å². The average molecular weight is 402 g/mol. The van der Waals surface area contributed by atoms with E-state index in [2.05, 4.69) is 4.72 Å². The summed E-state index contributed by atoms with van der Waals surface area (Å²) in [7, 11) is -3.77. The van der Waals surface area contributed by atoms with Crippen LogP contribution in [-0.2, 0) is 19.6 Å². The Morgan fingerprint density at radius 3 is 2.39 bits per heavy atom. The maximum absolute atomic E-state index is 12.4. The van der Waals surface area contributed by atoms with E-state index in [1.54, 1.807) is 36.1 Å². The van der Waals surface area contributed by atoms with Crippen molar-refractivity contribution in [2.45, 2.75) is 30.8 Å². The summed E-state index contributed by atoms with van der Waals surface area (Å²) in [5.74, 6) is -0.896. The molecule has 1 heterocycles. The summed E-state index contributed by atoms with van der Waals surface area (Å²) >= 11 is 0. The van der Waals surface area contributed by atoms with Crippen LogP contribution < -0.4 is 4.72 Å². The molecule has 0 saturated carbocycles. The fraction of sp³-hybridized carbons (Fsp3) is 0.300. The average Bonchev–Trinajstić information content (AvgIpc) is 3.22. The van der Waals surface area contributed by atoms with Gasteiger partial charge in [0.1, 0.15) is 0 Å².